The third kappa shape index (κ3) is 3.82. The molecule has 0 aliphatic heterocycles. The number of hydrogen-bond donors (Lipinski definition) is 1. The van der Waals surface area contributed by atoms with E-state index >= 15 is 0 Å². The number of thioether (sulfide) groups is 1. The van der Waals surface area contributed by atoms with E-state index in [-0.39, 0.29) is 0 Å². The standard InChI is InChI=1S/C12H25NS/c1-3-10-5-6-12(13)11(9-10)7-8-14-4-2/h10-12H,3-9,13H2,1-2H3. The quantitative estimate of drug-likeness (QED) is 0.712. The van der Waals surface area contributed by atoms with E-state index in [0.29, 0.717) is 6.04 Å². The summed E-state index contributed by atoms with van der Waals surface area (Å²) in [5.74, 6) is 4.34. The maximum atomic E-state index is 6.17. The molecule has 0 saturated heterocycles. The Morgan fingerprint density at radius 3 is 2.71 bits per heavy atom. The van der Waals surface area contributed by atoms with Gasteiger partial charge in [0.2, 0.25) is 0 Å². The number of hydrogen-bond acceptors (Lipinski definition) is 2. The fraction of sp³-hybridized carbons (Fsp3) is 1.00. The van der Waals surface area contributed by atoms with Gasteiger partial charge in [0, 0.05) is 6.04 Å². The Bertz CT molecular complexity index is 149. The smallest absolute Gasteiger partial charge is 0.00676 e. The zero-order valence-electron chi connectivity index (χ0n) is 9.67. The van der Waals surface area contributed by atoms with Crippen LogP contribution in [0.1, 0.15) is 46.0 Å². The Balaban J connectivity index is 2.25. The summed E-state index contributed by atoms with van der Waals surface area (Å²) in [7, 11) is 0. The van der Waals surface area contributed by atoms with Crippen molar-refractivity contribution in [3.63, 3.8) is 0 Å². The van der Waals surface area contributed by atoms with Crippen molar-refractivity contribution in [2.24, 2.45) is 17.6 Å². The maximum Gasteiger partial charge on any atom is 0.00676 e. The first kappa shape index (κ1) is 12.4. The minimum Gasteiger partial charge on any atom is -0.327 e. The van der Waals surface area contributed by atoms with Crippen LogP contribution < -0.4 is 5.73 Å². The molecule has 84 valence electrons. The molecule has 0 spiro atoms. The molecule has 0 bridgehead atoms. The highest BCUT2D eigenvalue weighted by molar-refractivity contribution is 7.99. The van der Waals surface area contributed by atoms with Crippen molar-refractivity contribution in [2.45, 2.75) is 52.0 Å². The molecule has 0 aromatic heterocycles. The third-order valence-electron chi connectivity index (χ3n) is 3.56. The minimum atomic E-state index is 0.496. The molecule has 2 N–H and O–H groups in total. The summed E-state index contributed by atoms with van der Waals surface area (Å²) in [5, 5.41) is 0. The molecule has 1 aliphatic rings. The average molecular weight is 215 g/mol. The van der Waals surface area contributed by atoms with Gasteiger partial charge in [0.1, 0.15) is 0 Å². The summed E-state index contributed by atoms with van der Waals surface area (Å²) in [5.41, 5.74) is 6.17. The largest absolute Gasteiger partial charge is 0.327 e. The Hall–Kier alpha value is 0.310. The summed E-state index contributed by atoms with van der Waals surface area (Å²) >= 11 is 2.06. The highest BCUT2D eigenvalue weighted by atomic mass is 32.2. The molecule has 1 fully saturated rings. The van der Waals surface area contributed by atoms with Gasteiger partial charge in [-0.3, -0.25) is 0 Å². The Kier molecular flexibility index (Phi) is 5.95. The van der Waals surface area contributed by atoms with Gasteiger partial charge in [0.05, 0.1) is 0 Å². The first-order valence-electron chi connectivity index (χ1n) is 6.11. The Morgan fingerprint density at radius 1 is 1.29 bits per heavy atom. The van der Waals surface area contributed by atoms with Crippen molar-refractivity contribution in [2.75, 3.05) is 11.5 Å². The normalized spacial score (nSPS) is 33.2. The number of rotatable bonds is 5. The molecule has 0 amide bonds. The fourth-order valence-corrected chi connectivity index (χ4v) is 3.22. The van der Waals surface area contributed by atoms with E-state index in [1.165, 1.54) is 43.6 Å². The van der Waals surface area contributed by atoms with Crippen molar-refractivity contribution in [3.8, 4) is 0 Å². The first-order valence-corrected chi connectivity index (χ1v) is 7.26. The SMILES string of the molecule is CCSCCC1CC(CC)CCC1N. The van der Waals surface area contributed by atoms with E-state index in [1.807, 2.05) is 0 Å². The van der Waals surface area contributed by atoms with Crippen molar-refractivity contribution in [3.05, 3.63) is 0 Å². The lowest BCUT2D eigenvalue weighted by atomic mass is 9.76. The van der Waals surface area contributed by atoms with E-state index < -0.39 is 0 Å². The van der Waals surface area contributed by atoms with Crippen LogP contribution in [-0.4, -0.2) is 17.5 Å². The molecule has 0 radical (unpaired) electrons. The summed E-state index contributed by atoms with van der Waals surface area (Å²) in [6, 6.07) is 0.496. The molecular formula is C12H25NS. The topological polar surface area (TPSA) is 26.0 Å². The van der Waals surface area contributed by atoms with Crippen LogP contribution in [0.4, 0.5) is 0 Å². The van der Waals surface area contributed by atoms with E-state index in [2.05, 4.69) is 25.6 Å². The summed E-state index contributed by atoms with van der Waals surface area (Å²) in [4.78, 5) is 0. The van der Waals surface area contributed by atoms with Crippen molar-refractivity contribution < 1.29 is 0 Å². The van der Waals surface area contributed by atoms with Crippen molar-refractivity contribution in [1.82, 2.24) is 0 Å². The molecule has 2 heteroatoms. The molecule has 1 aliphatic carbocycles. The molecule has 1 rings (SSSR count). The lowest BCUT2D eigenvalue weighted by molar-refractivity contribution is 0.224. The molecule has 1 nitrogen and oxygen atoms in total. The van der Waals surface area contributed by atoms with E-state index in [9.17, 15) is 0 Å². The second-order valence-electron chi connectivity index (χ2n) is 4.50. The predicted molar refractivity (Wildman–Crippen MR) is 66.7 cm³/mol. The predicted octanol–water partition coefficient (Wildman–Crippen LogP) is 3.28. The third-order valence-corrected chi connectivity index (χ3v) is 4.50. The van der Waals surface area contributed by atoms with Crippen LogP contribution in [0.25, 0.3) is 0 Å². The highest BCUT2D eigenvalue weighted by Gasteiger charge is 2.26. The van der Waals surface area contributed by atoms with Crippen LogP contribution in [-0.2, 0) is 0 Å². The maximum absolute atomic E-state index is 6.17. The second kappa shape index (κ2) is 6.73. The van der Waals surface area contributed by atoms with Crippen LogP contribution in [0.3, 0.4) is 0 Å². The lowest BCUT2D eigenvalue weighted by Gasteiger charge is -2.33. The van der Waals surface area contributed by atoms with Gasteiger partial charge in [0.25, 0.3) is 0 Å². The van der Waals surface area contributed by atoms with Crippen LogP contribution in [0.2, 0.25) is 0 Å². The van der Waals surface area contributed by atoms with Crippen LogP contribution in [0.5, 0.6) is 0 Å². The highest BCUT2D eigenvalue weighted by Crippen LogP contribution is 2.32. The molecule has 3 atom stereocenters. The Labute approximate surface area is 93.2 Å². The van der Waals surface area contributed by atoms with E-state index in [0.717, 1.165) is 11.8 Å². The lowest BCUT2D eigenvalue weighted by Crippen LogP contribution is -2.36. The van der Waals surface area contributed by atoms with Crippen LogP contribution >= 0.6 is 11.8 Å². The Morgan fingerprint density at radius 2 is 2.07 bits per heavy atom. The second-order valence-corrected chi connectivity index (χ2v) is 5.89. The van der Waals surface area contributed by atoms with Gasteiger partial charge in [-0.1, -0.05) is 20.3 Å². The van der Waals surface area contributed by atoms with E-state index in [1.54, 1.807) is 0 Å². The molecular weight excluding hydrogens is 190 g/mol. The van der Waals surface area contributed by atoms with Crippen molar-refractivity contribution >= 4 is 11.8 Å². The van der Waals surface area contributed by atoms with Gasteiger partial charge in [-0.2, -0.15) is 11.8 Å². The van der Waals surface area contributed by atoms with E-state index in [4.69, 9.17) is 5.73 Å². The zero-order chi connectivity index (χ0) is 10.4. The van der Waals surface area contributed by atoms with Gasteiger partial charge in [-0.15, -0.1) is 0 Å². The van der Waals surface area contributed by atoms with Gasteiger partial charge in [0.15, 0.2) is 0 Å². The minimum absolute atomic E-state index is 0.496. The van der Waals surface area contributed by atoms with Gasteiger partial charge in [-0.05, 0) is 49.0 Å². The van der Waals surface area contributed by atoms with Crippen molar-refractivity contribution in [1.29, 1.82) is 0 Å². The van der Waals surface area contributed by atoms with Gasteiger partial charge < -0.3 is 5.73 Å². The molecule has 1 saturated carbocycles. The average Bonchev–Trinajstić information content (AvgIpc) is 2.21. The zero-order valence-corrected chi connectivity index (χ0v) is 10.5. The van der Waals surface area contributed by atoms with Gasteiger partial charge >= 0.3 is 0 Å². The van der Waals surface area contributed by atoms with Crippen LogP contribution in [0, 0.1) is 11.8 Å². The summed E-state index contributed by atoms with van der Waals surface area (Å²) < 4.78 is 0. The van der Waals surface area contributed by atoms with Crippen LogP contribution in [0.15, 0.2) is 0 Å². The number of nitrogens with two attached hydrogens (primary N) is 1. The fourth-order valence-electron chi connectivity index (χ4n) is 2.47. The van der Waals surface area contributed by atoms with Gasteiger partial charge in [-0.25, -0.2) is 0 Å². The molecule has 0 aromatic carbocycles. The molecule has 0 heterocycles. The molecule has 3 unspecified atom stereocenters. The summed E-state index contributed by atoms with van der Waals surface area (Å²) in [6.45, 7) is 4.56. The monoisotopic (exact) mass is 215 g/mol. The first-order chi connectivity index (χ1) is 6.77. The molecule has 14 heavy (non-hydrogen) atoms. The summed E-state index contributed by atoms with van der Waals surface area (Å²) in [6.07, 6.45) is 6.72. The molecule has 0 aromatic rings.